The van der Waals surface area contributed by atoms with Gasteiger partial charge in [-0.1, -0.05) is 0 Å². The van der Waals surface area contributed by atoms with Crippen molar-refractivity contribution in [3.63, 3.8) is 0 Å². The number of benzene rings is 3. The average molecular weight is 563 g/mol. The molecule has 0 aliphatic heterocycles. The minimum absolute atomic E-state index is 0.127. The molecule has 0 spiro atoms. The van der Waals surface area contributed by atoms with E-state index in [4.69, 9.17) is 14.2 Å². The summed E-state index contributed by atoms with van der Waals surface area (Å²) in [4.78, 5) is 17.3. The fourth-order valence-corrected chi connectivity index (χ4v) is 4.76. The number of methoxy groups -OCH3 is 2. The summed E-state index contributed by atoms with van der Waals surface area (Å²) in [6, 6.07) is 18.1. The zero-order valence-corrected chi connectivity index (χ0v) is 22.4. The van der Waals surface area contributed by atoms with Gasteiger partial charge < -0.3 is 19.5 Å². The van der Waals surface area contributed by atoms with Crippen LogP contribution in [0.15, 0.2) is 84.0 Å². The molecule has 12 heteroatoms. The lowest BCUT2D eigenvalue weighted by Gasteiger charge is -2.12. The topological polar surface area (TPSA) is 122 Å². The van der Waals surface area contributed by atoms with E-state index < -0.39 is 21.6 Å². The predicted molar refractivity (Wildman–Crippen MR) is 146 cm³/mol. The Kier molecular flexibility index (Phi) is 7.09. The van der Waals surface area contributed by atoms with Gasteiger partial charge in [-0.3, -0.25) is 9.78 Å². The van der Waals surface area contributed by atoms with Crippen LogP contribution in [0.2, 0.25) is 0 Å². The van der Waals surface area contributed by atoms with Crippen molar-refractivity contribution in [2.24, 2.45) is 0 Å². The van der Waals surface area contributed by atoms with Gasteiger partial charge in [0.2, 0.25) is 0 Å². The first kappa shape index (κ1) is 26.6. The first-order valence-corrected chi connectivity index (χ1v) is 13.7. The maximum Gasteiger partial charge on any atom is 0.276 e. The molecule has 2 aromatic heterocycles. The minimum atomic E-state index is -3.75. The van der Waals surface area contributed by atoms with Crippen LogP contribution in [0, 0.1) is 5.82 Å². The Morgan fingerprint density at radius 1 is 0.900 bits per heavy atom. The van der Waals surface area contributed by atoms with E-state index in [1.165, 1.54) is 30.3 Å². The highest BCUT2D eigenvalue weighted by atomic mass is 32.2. The molecule has 0 aliphatic carbocycles. The number of hydrogen-bond acceptors (Lipinski definition) is 8. The molecule has 0 saturated heterocycles. The fourth-order valence-electron chi connectivity index (χ4n) is 3.97. The molecule has 5 aromatic rings. The first-order valence-electron chi connectivity index (χ1n) is 11.8. The van der Waals surface area contributed by atoms with Gasteiger partial charge in [0, 0.05) is 35.7 Å². The predicted octanol–water partition coefficient (Wildman–Crippen LogP) is 5.02. The number of carbonyl (C=O) groups excluding carboxylic acids is 1. The number of carbonyl (C=O) groups is 1. The maximum atomic E-state index is 13.4. The molecule has 0 unspecified atom stereocenters. The Morgan fingerprint density at radius 3 is 2.23 bits per heavy atom. The zero-order chi connectivity index (χ0) is 28.4. The van der Waals surface area contributed by atoms with Gasteiger partial charge in [-0.15, -0.1) is 0 Å². The van der Waals surface area contributed by atoms with E-state index in [9.17, 15) is 17.6 Å². The van der Waals surface area contributed by atoms with Crippen molar-refractivity contribution in [1.82, 2.24) is 14.8 Å². The Labute approximate surface area is 228 Å². The maximum absolute atomic E-state index is 13.4. The van der Waals surface area contributed by atoms with Gasteiger partial charge in [0.25, 0.3) is 5.91 Å². The molecule has 0 atom stereocenters. The SMILES string of the molecule is COc1cc2nccc(Oc3ccc(NC(=O)c4cc(S(C)(=O)=O)n(-c5ccc(F)cc5)n4)cc3)c2cc1OC. The smallest absolute Gasteiger partial charge is 0.276 e. The van der Waals surface area contributed by atoms with Crippen molar-refractivity contribution >= 4 is 32.3 Å². The lowest BCUT2D eigenvalue weighted by molar-refractivity contribution is 0.102. The van der Waals surface area contributed by atoms with E-state index in [0.717, 1.165) is 16.3 Å². The summed E-state index contributed by atoms with van der Waals surface area (Å²) in [5, 5.41) is 7.36. The second kappa shape index (κ2) is 10.7. The highest BCUT2D eigenvalue weighted by Gasteiger charge is 2.22. The summed E-state index contributed by atoms with van der Waals surface area (Å²) in [5.41, 5.74) is 1.26. The third kappa shape index (κ3) is 5.43. The molecule has 1 amide bonds. The number of nitrogens with one attached hydrogen (secondary N) is 1. The molecule has 0 saturated carbocycles. The summed E-state index contributed by atoms with van der Waals surface area (Å²) in [5.74, 6) is 1.01. The normalized spacial score (nSPS) is 11.3. The number of ether oxygens (including phenoxy) is 3. The number of nitrogens with zero attached hydrogens (tertiary/aromatic N) is 3. The Morgan fingerprint density at radius 2 is 1.57 bits per heavy atom. The van der Waals surface area contributed by atoms with Gasteiger partial charge in [-0.25, -0.2) is 17.5 Å². The lowest BCUT2D eigenvalue weighted by atomic mass is 10.2. The molecular weight excluding hydrogens is 539 g/mol. The molecule has 40 heavy (non-hydrogen) atoms. The van der Waals surface area contributed by atoms with Crippen LogP contribution in [0.4, 0.5) is 10.1 Å². The van der Waals surface area contributed by atoms with Crippen LogP contribution in [0.3, 0.4) is 0 Å². The first-order chi connectivity index (χ1) is 19.2. The van der Waals surface area contributed by atoms with Crippen LogP contribution in [0.1, 0.15) is 10.5 Å². The van der Waals surface area contributed by atoms with Crippen LogP contribution in [0.5, 0.6) is 23.0 Å². The number of amides is 1. The molecule has 3 aromatic carbocycles. The summed E-state index contributed by atoms with van der Waals surface area (Å²) in [6.45, 7) is 0. The fraction of sp³-hybridized carbons (Fsp3) is 0.107. The van der Waals surface area contributed by atoms with Crippen molar-refractivity contribution in [3.05, 3.63) is 90.5 Å². The van der Waals surface area contributed by atoms with Crippen LogP contribution in [-0.4, -0.2) is 49.6 Å². The van der Waals surface area contributed by atoms with Gasteiger partial charge in [0.15, 0.2) is 32.1 Å². The van der Waals surface area contributed by atoms with Crippen molar-refractivity contribution in [3.8, 4) is 28.7 Å². The minimum Gasteiger partial charge on any atom is -0.493 e. The van der Waals surface area contributed by atoms with Crippen molar-refractivity contribution < 1.29 is 31.8 Å². The molecule has 0 bridgehead atoms. The van der Waals surface area contributed by atoms with Crippen LogP contribution in [-0.2, 0) is 9.84 Å². The van der Waals surface area contributed by atoms with Gasteiger partial charge in [-0.05, 0) is 60.7 Å². The largest absolute Gasteiger partial charge is 0.493 e. The summed E-state index contributed by atoms with van der Waals surface area (Å²) >= 11 is 0. The number of fused-ring (bicyclic) bond motifs is 1. The van der Waals surface area contributed by atoms with E-state index in [0.29, 0.717) is 39.9 Å². The van der Waals surface area contributed by atoms with E-state index in [-0.39, 0.29) is 10.7 Å². The zero-order valence-electron chi connectivity index (χ0n) is 21.6. The second-order valence-electron chi connectivity index (χ2n) is 8.64. The Balaban J connectivity index is 1.36. The van der Waals surface area contributed by atoms with Crippen LogP contribution in [0.25, 0.3) is 16.6 Å². The number of halogens is 1. The summed E-state index contributed by atoms with van der Waals surface area (Å²) in [6.07, 6.45) is 2.62. The molecule has 1 N–H and O–H groups in total. The monoisotopic (exact) mass is 562 g/mol. The highest BCUT2D eigenvalue weighted by molar-refractivity contribution is 7.90. The average Bonchev–Trinajstić information content (AvgIpc) is 3.41. The molecule has 2 heterocycles. The molecule has 0 radical (unpaired) electrons. The number of sulfone groups is 1. The van der Waals surface area contributed by atoms with Gasteiger partial charge in [-0.2, -0.15) is 5.10 Å². The van der Waals surface area contributed by atoms with E-state index >= 15 is 0 Å². The molecule has 0 fully saturated rings. The second-order valence-corrected chi connectivity index (χ2v) is 10.6. The number of aromatic nitrogens is 3. The number of rotatable bonds is 8. The summed E-state index contributed by atoms with van der Waals surface area (Å²) in [7, 11) is -0.654. The molecular formula is C28H23FN4O6S. The standard InChI is InChI=1S/C28H23FN4O6S/c1-37-25-14-21-22(15-26(25)38-2)30-13-12-24(21)39-20-10-6-18(7-11-20)31-28(34)23-16-27(40(3,35)36)33(32-23)19-8-4-17(29)5-9-19/h4-16H,1-3H3,(H,31,34). The Bertz CT molecular complexity index is 1820. The third-order valence-corrected chi connectivity index (χ3v) is 6.96. The van der Waals surface area contributed by atoms with Gasteiger partial charge in [0.05, 0.1) is 25.4 Å². The number of hydrogen-bond donors (Lipinski definition) is 1. The van der Waals surface area contributed by atoms with Crippen molar-refractivity contribution in [1.29, 1.82) is 0 Å². The number of anilines is 1. The lowest BCUT2D eigenvalue weighted by Crippen LogP contribution is -2.13. The van der Waals surface area contributed by atoms with E-state index in [1.54, 1.807) is 62.9 Å². The molecule has 204 valence electrons. The van der Waals surface area contributed by atoms with Crippen LogP contribution < -0.4 is 19.5 Å². The highest BCUT2D eigenvalue weighted by Crippen LogP contribution is 2.37. The van der Waals surface area contributed by atoms with E-state index in [1.807, 2.05) is 0 Å². The van der Waals surface area contributed by atoms with Gasteiger partial charge in [0.1, 0.15) is 17.3 Å². The van der Waals surface area contributed by atoms with Crippen molar-refractivity contribution in [2.45, 2.75) is 5.03 Å². The van der Waals surface area contributed by atoms with Gasteiger partial charge >= 0.3 is 0 Å². The molecule has 5 rings (SSSR count). The quantitative estimate of drug-likeness (QED) is 0.280. The molecule has 10 nitrogen and oxygen atoms in total. The summed E-state index contributed by atoms with van der Waals surface area (Å²) < 4.78 is 55.9. The molecule has 0 aliphatic rings. The van der Waals surface area contributed by atoms with E-state index in [2.05, 4.69) is 15.4 Å². The third-order valence-electron chi connectivity index (χ3n) is 5.91. The number of pyridine rings is 1. The van der Waals surface area contributed by atoms with Crippen LogP contribution >= 0.6 is 0 Å². The Hall–Kier alpha value is -4.97. The van der Waals surface area contributed by atoms with Crippen molar-refractivity contribution in [2.75, 3.05) is 25.8 Å².